The summed E-state index contributed by atoms with van der Waals surface area (Å²) in [6.07, 6.45) is -0.389. The van der Waals surface area contributed by atoms with Gasteiger partial charge in [0.25, 0.3) is 0 Å². The normalized spacial score (nSPS) is 13.4. The van der Waals surface area contributed by atoms with E-state index in [-0.39, 0.29) is 6.42 Å². The molecule has 2 N–H and O–H groups in total. The van der Waals surface area contributed by atoms with Crippen molar-refractivity contribution in [3.63, 3.8) is 0 Å². The summed E-state index contributed by atoms with van der Waals surface area (Å²) in [5, 5.41) is 17.7. The highest BCUT2D eigenvalue weighted by atomic mass is 17.1. The molecule has 0 aliphatic carbocycles. The van der Waals surface area contributed by atoms with Crippen LogP contribution in [0.15, 0.2) is 0 Å². The second-order valence-electron chi connectivity index (χ2n) is 6.35. The van der Waals surface area contributed by atoms with E-state index in [2.05, 4.69) is 4.89 Å². The van der Waals surface area contributed by atoms with Gasteiger partial charge in [0.1, 0.15) is 0 Å². The Hall–Kier alpha value is -1.10. The zero-order chi connectivity index (χ0) is 14.1. The standard InChI is InChI=1S/C12H22O5/c1-10(2,3)12(7-8(13)14,9(15)17-16)11(4,5)6/h16H,7H2,1-6H3,(H,13,14). The highest BCUT2D eigenvalue weighted by Gasteiger charge is 2.59. The van der Waals surface area contributed by atoms with Crippen molar-refractivity contribution in [2.75, 3.05) is 0 Å². The number of hydrogen-bond acceptors (Lipinski definition) is 4. The van der Waals surface area contributed by atoms with Crippen LogP contribution in [0.1, 0.15) is 48.0 Å². The highest BCUT2D eigenvalue weighted by molar-refractivity contribution is 5.84. The Kier molecular flexibility index (Phi) is 4.34. The van der Waals surface area contributed by atoms with E-state index in [0.717, 1.165) is 0 Å². The van der Waals surface area contributed by atoms with E-state index in [4.69, 9.17) is 10.4 Å². The molecule has 0 saturated heterocycles. The Morgan fingerprint density at radius 1 is 1.00 bits per heavy atom. The molecule has 0 bridgehead atoms. The summed E-state index contributed by atoms with van der Waals surface area (Å²) in [5.74, 6) is -2.00. The van der Waals surface area contributed by atoms with Crippen molar-refractivity contribution in [3.05, 3.63) is 0 Å². The van der Waals surface area contributed by atoms with Crippen LogP contribution in [-0.4, -0.2) is 22.3 Å². The van der Waals surface area contributed by atoms with Crippen molar-refractivity contribution in [1.29, 1.82) is 0 Å². The lowest BCUT2D eigenvalue weighted by atomic mass is 9.52. The van der Waals surface area contributed by atoms with E-state index >= 15 is 0 Å². The Bertz CT molecular complexity index is 292. The third-order valence-corrected chi connectivity index (χ3v) is 3.41. The number of carbonyl (C=O) groups excluding carboxylic acids is 1. The fraction of sp³-hybridized carbons (Fsp3) is 0.833. The molecule has 0 amide bonds. The number of rotatable bonds is 3. The molecule has 17 heavy (non-hydrogen) atoms. The fourth-order valence-electron chi connectivity index (χ4n) is 2.64. The lowest BCUT2D eigenvalue weighted by molar-refractivity contribution is -0.260. The molecule has 0 heterocycles. The first-order valence-corrected chi connectivity index (χ1v) is 5.48. The predicted octanol–water partition coefficient (Wildman–Crippen LogP) is 2.56. The number of carbonyl (C=O) groups is 2. The van der Waals surface area contributed by atoms with Crippen LogP contribution in [0.4, 0.5) is 0 Å². The lowest BCUT2D eigenvalue weighted by Crippen LogP contribution is -2.54. The third-order valence-electron chi connectivity index (χ3n) is 3.41. The maximum atomic E-state index is 11.9. The van der Waals surface area contributed by atoms with Crippen LogP contribution in [0.25, 0.3) is 0 Å². The first kappa shape index (κ1) is 15.9. The summed E-state index contributed by atoms with van der Waals surface area (Å²) < 4.78 is 0. The number of carboxylic acid groups (broad SMARTS) is 1. The summed E-state index contributed by atoms with van der Waals surface area (Å²) in [4.78, 5) is 26.8. The number of carboxylic acids is 1. The zero-order valence-corrected chi connectivity index (χ0v) is 11.3. The minimum absolute atomic E-state index is 0.389. The van der Waals surface area contributed by atoms with Gasteiger partial charge in [-0.3, -0.25) is 4.79 Å². The van der Waals surface area contributed by atoms with Crippen molar-refractivity contribution in [3.8, 4) is 0 Å². The predicted molar refractivity (Wildman–Crippen MR) is 62.3 cm³/mol. The van der Waals surface area contributed by atoms with Crippen LogP contribution in [0.2, 0.25) is 0 Å². The first-order valence-electron chi connectivity index (χ1n) is 5.48. The average molecular weight is 246 g/mol. The summed E-state index contributed by atoms with van der Waals surface area (Å²) in [5.41, 5.74) is -2.63. The van der Waals surface area contributed by atoms with Gasteiger partial charge in [-0.2, -0.15) is 5.26 Å². The van der Waals surface area contributed by atoms with E-state index < -0.39 is 28.2 Å². The van der Waals surface area contributed by atoms with Crippen molar-refractivity contribution >= 4 is 11.9 Å². The molecule has 0 aromatic heterocycles. The number of aliphatic carboxylic acids is 1. The summed E-state index contributed by atoms with van der Waals surface area (Å²) in [6, 6.07) is 0. The molecule has 0 fully saturated rings. The van der Waals surface area contributed by atoms with Gasteiger partial charge >= 0.3 is 11.9 Å². The largest absolute Gasteiger partial charge is 0.481 e. The Morgan fingerprint density at radius 3 is 1.53 bits per heavy atom. The quantitative estimate of drug-likeness (QED) is 0.590. The van der Waals surface area contributed by atoms with Crippen LogP contribution in [0.5, 0.6) is 0 Å². The van der Waals surface area contributed by atoms with E-state index in [1.807, 2.05) is 0 Å². The molecule has 0 aromatic carbocycles. The molecule has 0 aliphatic heterocycles. The van der Waals surface area contributed by atoms with Gasteiger partial charge in [-0.05, 0) is 10.8 Å². The Balaban J connectivity index is 5.91. The van der Waals surface area contributed by atoms with Crippen LogP contribution >= 0.6 is 0 Å². The van der Waals surface area contributed by atoms with Crippen LogP contribution in [-0.2, 0) is 14.5 Å². The molecule has 0 aliphatic rings. The smallest absolute Gasteiger partial charge is 0.349 e. The van der Waals surface area contributed by atoms with E-state index in [1.165, 1.54) is 0 Å². The number of hydrogen-bond donors (Lipinski definition) is 2. The maximum absolute atomic E-state index is 11.9. The van der Waals surface area contributed by atoms with Gasteiger partial charge in [-0.25, -0.2) is 4.79 Å². The van der Waals surface area contributed by atoms with Gasteiger partial charge in [-0.15, -0.1) is 0 Å². The first-order chi connectivity index (χ1) is 7.40. The monoisotopic (exact) mass is 246 g/mol. The maximum Gasteiger partial charge on any atom is 0.349 e. The van der Waals surface area contributed by atoms with Gasteiger partial charge in [0.05, 0.1) is 11.8 Å². The average Bonchev–Trinajstić information content (AvgIpc) is 2.08. The van der Waals surface area contributed by atoms with E-state index in [0.29, 0.717) is 0 Å². The molecule has 100 valence electrons. The minimum Gasteiger partial charge on any atom is -0.481 e. The Morgan fingerprint density at radius 2 is 1.35 bits per heavy atom. The molecule has 0 atom stereocenters. The van der Waals surface area contributed by atoms with Crippen LogP contribution in [0.3, 0.4) is 0 Å². The molecular weight excluding hydrogens is 224 g/mol. The van der Waals surface area contributed by atoms with Gasteiger partial charge in [0.2, 0.25) is 0 Å². The molecular formula is C12H22O5. The van der Waals surface area contributed by atoms with Crippen molar-refractivity contribution in [1.82, 2.24) is 0 Å². The molecule has 0 saturated carbocycles. The van der Waals surface area contributed by atoms with Crippen molar-refractivity contribution in [2.24, 2.45) is 16.2 Å². The van der Waals surface area contributed by atoms with Gasteiger partial charge in [0, 0.05) is 0 Å². The highest BCUT2D eigenvalue weighted by Crippen LogP contribution is 2.54. The summed E-state index contributed by atoms with van der Waals surface area (Å²) in [7, 11) is 0. The van der Waals surface area contributed by atoms with Crippen molar-refractivity contribution < 1.29 is 24.8 Å². The lowest BCUT2D eigenvalue weighted by Gasteiger charge is -2.49. The molecule has 0 radical (unpaired) electrons. The summed E-state index contributed by atoms with van der Waals surface area (Å²) in [6.45, 7) is 10.6. The minimum atomic E-state index is -1.30. The van der Waals surface area contributed by atoms with Crippen LogP contribution in [0, 0.1) is 16.2 Å². The molecule has 5 nitrogen and oxygen atoms in total. The topological polar surface area (TPSA) is 83.8 Å². The zero-order valence-electron chi connectivity index (χ0n) is 11.3. The van der Waals surface area contributed by atoms with Gasteiger partial charge in [0.15, 0.2) is 0 Å². The van der Waals surface area contributed by atoms with Gasteiger partial charge in [-0.1, -0.05) is 41.5 Å². The second kappa shape index (κ2) is 4.64. The molecule has 5 heteroatoms. The van der Waals surface area contributed by atoms with E-state index in [1.54, 1.807) is 41.5 Å². The second-order valence-corrected chi connectivity index (χ2v) is 6.35. The Labute approximate surface area is 102 Å². The molecule has 0 unspecified atom stereocenters. The third kappa shape index (κ3) is 2.77. The fourth-order valence-corrected chi connectivity index (χ4v) is 2.64. The molecule has 0 aromatic rings. The summed E-state index contributed by atoms with van der Waals surface area (Å²) >= 11 is 0. The van der Waals surface area contributed by atoms with Gasteiger partial charge < -0.3 is 9.99 Å². The van der Waals surface area contributed by atoms with Crippen LogP contribution < -0.4 is 0 Å². The van der Waals surface area contributed by atoms with E-state index in [9.17, 15) is 9.59 Å². The molecule has 0 spiro atoms. The molecule has 0 rings (SSSR count). The van der Waals surface area contributed by atoms with Crippen molar-refractivity contribution in [2.45, 2.75) is 48.0 Å². The SMILES string of the molecule is CC(C)(C)C(CC(=O)O)(C(=O)OO)C(C)(C)C.